The van der Waals surface area contributed by atoms with E-state index < -0.39 is 0 Å². The molecule has 80 valence electrons. The highest BCUT2D eigenvalue weighted by Crippen LogP contribution is 2.16. The summed E-state index contributed by atoms with van der Waals surface area (Å²) >= 11 is 6.92. The number of halogens is 2. The molecule has 0 unspecified atom stereocenters. The first-order valence-corrected chi connectivity index (χ1v) is 6.37. The third-order valence-electron chi connectivity index (χ3n) is 2.22. The monoisotopic (exact) mass is 338 g/mol. The number of aromatic nitrogens is 1. The van der Waals surface area contributed by atoms with Gasteiger partial charge in [0.1, 0.15) is 0 Å². The van der Waals surface area contributed by atoms with E-state index in [-0.39, 0.29) is 0 Å². The average Bonchev–Trinajstić information content (AvgIpc) is 2.28. The third-order valence-corrected chi connectivity index (χ3v) is 3.09. The number of nitrogens with zero attached hydrogens (tertiary/aromatic N) is 1. The minimum Gasteiger partial charge on any atom is -0.165 e. The summed E-state index contributed by atoms with van der Waals surface area (Å²) in [4.78, 5) is 0. The van der Waals surface area contributed by atoms with Gasteiger partial charge in [0.25, 0.3) is 0 Å². The Hall–Kier alpha value is -0.930. The van der Waals surface area contributed by atoms with Crippen molar-refractivity contribution in [3.05, 3.63) is 69.9 Å². The van der Waals surface area contributed by atoms with Crippen LogP contribution in [0.15, 0.2) is 64.3 Å². The van der Waals surface area contributed by atoms with Crippen LogP contribution in [-0.2, 0) is 0 Å². The molecular weight excluding hydrogens is 330 g/mol. The molecule has 0 spiro atoms. The summed E-state index contributed by atoms with van der Waals surface area (Å²) in [6.07, 6.45) is 3.97. The van der Waals surface area contributed by atoms with E-state index in [4.69, 9.17) is 0 Å². The van der Waals surface area contributed by atoms with E-state index in [9.17, 15) is 0 Å². The van der Waals surface area contributed by atoms with Crippen molar-refractivity contribution in [3.8, 4) is 0 Å². The van der Waals surface area contributed by atoms with E-state index in [2.05, 4.69) is 38.4 Å². The number of hydrogen-bond donors (Lipinski definition) is 0. The quantitative estimate of drug-likeness (QED) is 0.727. The molecule has 1 heterocycles. The SMILES string of the molecule is C=C(c1ccccc1)[n+]1cc(Br)cc(Br)c1. The molecule has 2 aromatic rings. The summed E-state index contributed by atoms with van der Waals surface area (Å²) in [5.74, 6) is 0. The Morgan fingerprint density at radius 2 is 1.56 bits per heavy atom. The maximum atomic E-state index is 4.10. The normalized spacial score (nSPS) is 10.1. The molecule has 2 rings (SSSR count). The molecule has 0 radical (unpaired) electrons. The molecule has 1 aromatic heterocycles. The topological polar surface area (TPSA) is 3.88 Å². The van der Waals surface area contributed by atoms with Crippen molar-refractivity contribution in [2.45, 2.75) is 0 Å². The third kappa shape index (κ3) is 2.60. The molecule has 0 saturated heterocycles. The first kappa shape index (κ1) is 11.6. The smallest absolute Gasteiger partial charge is 0.165 e. The van der Waals surface area contributed by atoms with Gasteiger partial charge in [0.05, 0.1) is 8.95 Å². The Kier molecular flexibility index (Phi) is 3.56. The van der Waals surface area contributed by atoms with Crippen molar-refractivity contribution in [1.29, 1.82) is 0 Å². The molecule has 0 amide bonds. The summed E-state index contributed by atoms with van der Waals surface area (Å²) in [7, 11) is 0. The molecule has 0 N–H and O–H groups in total. The lowest BCUT2D eigenvalue weighted by Crippen LogP contribution is -2.31. The zero-order valence-corrected chi connectivity index (χ0v) is 11.7. The maximum absolute atomic E-state index is 4.10. The molecule has 0 atom stereocenters. The van der Waals surface area contributed by atoms with Gasteiger partial charge >= 0.3 is 0 Å². The lowest BCUT2D eigenvalue weighted by atomic mass is 10.2. The van der Waals surface area contributed by atoms with E-state index in [0.29, 0.717) is 0 Å². The van der Waals surface area contributed by atoms with Gasteiger partial charge in [0, 0.05) is 5.56 Å². The fourth-order valence-electron chi connectivity index (χ4n) is 1.44. The summed E-state index contributed by atoms with van der Waals surface area (Å²) < 4.78 is 4.02. The lowest BCUT2D eigenvalue weighted by Gasteiger charge is -2.01. The predicted molar refractivity (Wildman–Crippen MR) is 72.9 cm³/mol. The molecule has 3 heteroatoms. The summed E-state index contributed by atoms with van der Waals surface area (Å²) in [5, 5.41) is 0. The van der Waals surface area contributed by atoms with Crippen molar-refractivity contribution >= 4 is 37.6 Å². The van der Waals surface area contributed by atoms with Gasteiger partial charge in [-0.05, 0) is 56.6 Å². The Morgan fingerprint density at radius 3 is 2.12 bits per heavy atom. The number of pyridine rings is 1. The van der Waals surface area contributed by atoms with Gasteiger partial charge in [-0.15, -0.1) is 0 Å². The van der Waals surface area contributed by atoms with Crippen LogP contribution in [0.1, 0.15) is 5.56 Å². The van der Waals surface area contributed by atoms with Crippen LogP contribution < -0.4 is 4.57 Å². The van der Waals surface area contributed by atoms with E-state index >= 15 is 0 Å². The van der Waals surface area contributed by atoms with Crippen molar-refractivity contribution in [2.75, 3.05) is 0 Å². The van der Waals surface area contributed by atoms with E-state index in [1.165, 1.54) is 0 Å². The Balaban J connectivity index is 2.42. The Labute approximate surface area is 112 Å². The Bertz CT molecular complexity index is 500. The maximum Gasteiger partial charge on any atom is 0.210 e. The van der Waals surface area contributed by atoms with Crippen LogP contribution in [0.3, 0.4) is 0 Å². The van der Waals surface area contributed by atoms with Gasteiger partial charge < -0.3 is 0 Å². The lowest BCUT2D eigenvalue weighted by molar-refractivity contribution is -0.580. The standard InChI is InChI=1S/C13H10Br2N/c1-10(11-5-3-2-4-6-11)16-8-12(14)7-13(15)9-16/h2-9H,1H2/q+1. The van der Waals surface area contributed by atoms with Gasteiger partial charge in [-0.3, -0.25) is 0 Å². The van der Waals surface area contributed by atoms with Gasteiger partial charge in [-0.2, -0.15) is 4.57 Å². The molecule has 0 bridgehead atoms. The van der Waals surface area contributed by atoms with Crippen LogP contribution in [0.2, 0.25) is 0 Å². The molecule has 0 aliphatic carbocycles. The first-order valence-electron chi connectivity index (χ1n) is 4.79. The highest BCUT2D eigenvalue weighted by Gasteiger charge is 2.11. The number of rotatable bonds is 2. The molecule has 0 fully saturated rings. The molecule has 1 nitrogen and oxygen atoms in total. The second-order valence-corrected chi connectivity index (χ2v) is 5.22. The van der Waals surface area contributed by atoms with Crippen molar-refractivity contribution in [1.82, 2.24) is 0 Å². The van der Waals surface area contributed by atoms with Gasteiger partial charge in [0.15, 0.2) is 12.4 Å². The molecule has 16 heavy (non-hydrogen) atoms. The van der Waals surface area contributed by atoms with Crippen LogP contribution in [0.25, 0.3) is 5.70 Å². The molecule has 1 aromatic carbocycles. The first-order chi connectivity index (χ1) is 7.66. The summed E-state index contributed by atoms with van der Waals surface area (Å²) in [5.41, 5.74) is 2.06. The number of benzene rings is 1. The Morgan fingerprint density at radius 1 is 1.00 bits per heavy atom. The largest absolute Gasteiger partial charge is 0.210 e. The van der Waals surface area contributed by atoms with Gasteiger partial charge in [-0.25, -0.2) is 0 Å². The van der Waals surface area contributed by atoms with E-state index in [1.807, 2.05) is 53.4 Å². The minimum atomic E-state index is 0.947. The molecular formula is C13H10Br2N+. The van der Waals surface area contributed by atoms with Crippen LogP contribution in [0.4, 0.5) is 0 Å². The zero-order chi connectivity index (χ0) is 11.5. The van der Waals surface area contributed by atoms with Crippen LogP contribution in [0, 0.1) is 0 Å². The average molecular weight is 340 g/mol. The van der Waals surface area contributed by atoms with Gasteiger partial charge in [-0.1, -0.05) is 18.2 Å². The zero-order valence-electron chi connectivity index (χ0n) is 8.53. The minimum absolute atomic E-state index is 0.947. The van der Waals surface area contributed by atoms with Crippen LogP contribution in [-0.4, -0.2) is 0 Å². The van der Waals surface area contributed by atoms with E-state index in [1.54, 1.807) is 0 Å². The summed E-state index contributed by atoms with van der Waals surface area (Å²) in [6, 6.07) is 12.1. The van der Waals surface area contributed by atoms with Crippen LogP contribution >= 0.6 is 31.9 Å². The fraction of sp³-hybridized carbons (Fsp3) is 0. The highest BCUT2D eigenvalue weighted by molar-refractivity contribution is 9.11. The summed E-state index contributed by atoms with van der Waals surface area (Å²) in [6.45, 7) is 4.10. The molecule has 0 aliphatic heterocycles. The molecule has 0 saturated carbocycles. The predicted octanol–water partition coefficient (Wildman–Crippen LogP) is 4.02. The van der Waals surface area contributed by atoms with Crippen LogP contribution in [0.5, 0.6) is 0 Å². The second-order valence-electron chi connectivity index (χ2n) is 3.39. The van der Waals surface area contributed by atoms with Crippen molar-refractivity contribution in [3.63, 3.8) is 0 Å². The van der Waals surface area contributed by atoms with E-state index in [0.717, 1.165) is 20.2 Å². The highest BCUT2D eigenvalue weighted by atomic mass is 79.9. The number of hydrogen-bond acceptors (Lipinski definition) is 0. The van der Waals surface area contributed by atoms with Crippen molar-refractivity contribution < 1.29 is 4.57 Å². The second kappa shape index (κ2) is 4.93. The van der Waals surface area contributed by atoms with Crippen molar-refractivity contribution in [2.24, 2.45) is 0 Å². The van der Waals surface area contributed by atoms with Gasteiger partial charge in [0.2, 0.25) is 5.70 Å². The fourth-order valence-corrected chi connectivity index (χ4v) is 2.69. The molecule has 0 aliphatic rings.